The summed E-state index contributed by atoms with van der Waals surface area (Å²) in [5.74, 6) is -0.402. The topological polar surface area (TPSA) is 49.8 Å². The third-order valence-corrected chi connectivity index (χ3v) is 2.86. The highest BCUT2D eigenvalue weighted by atomic mass is 19.4. The van der Waals surface area contributed by atoms with E-state index < -0.39 is 31.3 Å². The number of carbonyl (C=O) groups is 1. The SMILES string of the molecule is CCC(O)c1ccc(OCC(=O)N(C)CC(F)(F)F)cc1. The minimum absolute atomic E-state index is 0.357. The third kappa shape index (κ3) is 6.03. The summed E-state index contributed by atoms with van der Waals surface area (Å²) < 4.78 is 41.5. The Labute approximate surface area is 121 Å². The van der Waals surface area contributed by atoms with Gasteiger partial charge in [0.1, 0.15) is 12.3 Å². The molecule has 0 saturated carbocycles. The molecule has 1 aromatic rings. The van der Waals surface area contributed by atoms with Crippen LogP contribution in [0.1, 0.15) is 25.0 Å². The van der Waals surface area contributed by atoms with Gasteiger partial charge in [0.2, 0.25) is 0 Å². The number of likely N-dealkylation sites (N-methyl/N-ethyl adjacent to an activating group) is 1. The van der Waals surface area contributed by atoms with Crippen LogP contribution in [0.3, 0.4) is 0 Å². The first-order valence-corrected chi connectivity index (χ1v) is 6.44. The first-order chi connectivity index (χ1) is 9.73. The van der Waals surface area contributed by atoms with Gasteiger partial charge in [0, 0.05) is 7.05 Å². The summed E-state index contributed by atoms with van der Waals surface area (Å²) in [6.07, 6.45) is -4.43. The molecule has 0 heterocycles. The highest BCUT2D eigenvalue weighted by molar-refractivity contribution is 5.77. The number of hydrogen-bond donors (Lipinski definition) is 1. The molecule has 0 bridgehead atoms. The average Bonchev–Trinajstić information content (AvgIpc) is 2.42. The summed E-state index contributed by atoms with van der Waals surface area (Å²) in [6.45, 7) is 0.0588. The van der Waals surface area contributed by atoms with Gasteiger partial charge in [0.25, 0.3) is 5.91 Å². The molecule has 0 aliphatic carbocycles. The van der Waals surface area contributed by atoms with Crippen molar-refractivity contribution < 1.29 is 27.8 Å². The van der Waals surface area contributed by atoms with E-state index >= 15 is 0 Å². The van der Waals surface area contributed by atoms with Crippen molar-refractivity contribution >= 4 is 5.91 Å². The molecular formula is C14H18F3NO3. The molecule has 0 radical (unpaired) electrons. The monoisotopic (exact) mass is 305 g/mol. The Morgan fingerprint density at radius 1 is 1.33 bits per heavy atom. The Morgan fingerprint density at radius 2 is 1.90 bits per heavy atom. The maximum Gasteiger partial charge on any atom is 0.406 e. The summed E-state index contributed by atoms with van der Waals surface area (Å²) in [6, 6.07) is 6.41. The van der Waals surface area contributed by atoms with Crippen LogP contribution in [0.2, 0.25) is 0 Å². The van der Waals surface area contributed by atoms with E-state index in [0.717, 1.165) is 7.05 Å². The lowest BCUT2D eigenvalue weighted by Gasteiger charge is -2.19. The minimum atomic E-state index is -4.43. The number of ether oxygens (including phenoxy) is 1. The fraction of sp³-hybridized carbons (Fsp3) is 0.500. The second-order valence-electron chi connectivity index (χ2n) is 4.65. The van der Waals surface area contributed by atoms with E-state index in [-0.39, 0.29) is 0 Å². The predicted octanol–water partition coefficient (Wildman–Crippen LogP) is 2.53. The van der Waals surface area contributed by atoms with Crippen molar-refractivity contribution in [2.75, 3.05) is 20.2 Å². The summed E-state index contributed by atoms with van der Waals surface area (Å²) in [7, 11) is 1.07. The standard InChI is InChI=1S/C14H18F3NO3/c1-3-12(19)10-4-6-11(7-5-10)21-8-13(20)18(2)9-14(15,16)17/h4-7,12,19H,3,8-9H2,1-2H3. The Hall–Kier alpha value is -1.76. The lowest BCUT2D eigenvalue weighted by molar-refractivity contribution is -0.159. The van der Waals surface area contributed by atoms with Crippen molar-refractivity contribution in [1.29, 1.82) is 0 Å². The summed E-state index contributed by atoms with van der Waals surface area (Å²) in [5.41, 5.74) is 0.713. The number of nitrogens with zero attached hydrogens (tertiary/aromatic N) is 1. The van der Waals surface area contributed by atoms with Crippen molar-refractivity contribution in [3.8, 4) is 5.75 Å². The van der Waals surface area contributed by atoms with Gasteiger partial charge in [-0.1, -0.05) is 19.1 Å². The summed E-state index contributed by atoms with van der Waals surface area (Å²) in [5, 5.41) is 9.61. The quantitative estimate of drug-likeness (QED) is 0.878. The average molecular weight is 305 g/mol. The fourth-order valence-electron chi connectivity index (χ4n) is 1.63. The normalized spacial score (nSPS) is 12.9. The lowest BCUT2D eigenvalue weighted by atomic mass is 10.1. The van der Waals surface area contributed by atoms with E-state index in [1.807, 2.05) is 6.92 Å². The fourth-order valence-corrected chi connectivity index (χ4v) is 1.63. The van der Waals surface area contributed by atoms with Crippen molar-refractivity contribution in [3.63, 3.8) is 0 Å². The van der Waals surface area contributed by atoms with Crippen LogP contribution in [0, 0.1) is 0 Å². The maximum atomic E-state index is 12.1. The molecular weight excluding hydrogens is 287 g/mol. The summed E-state index contributed by atoms with van der Waals surface area (Å²) in [4.78, 5) is 12.0. The van der Waals surface area contributed by atoms with Gasteiger partial charge in [-0.05, 0) is 24.1 Å². The lowest BCUT2D eigenvalue weighted by Crippen LogP contribution is -2.38. The molecule has 1 unspecified atom stereocenters. The molecule has 1 atom stereocenters. The molecule has 0 saturated heterocycles. The van der Waals surface area contributed by atoms with E-state index in [1.54, 1.807) is 24.3 Å². The molecule has 0 fully saturated rings. The Bertz CT molecular complexity index is 460. The first-order valence-electron chi connectivity index (χ1n) is 6.44. The van der Waals surface area contributed by atoms with Gasteiger partial charge >= 0.3 is 6.18 Å². The van der Waals surface area contributed by atoms with Crippen LogP contribution in [0.5, 0.6) is 5.75 Å². The zero-order valence-corrected chi connectivity index (χ0v) is 11.9. The van der Waals surface area contributed by atoms with E-state index in [4.69, 9.17) is 4.74 Å². The number of halogens is 3. The number of benzene rings is 1. The number of aliphatic hydroxyl groups is 1. The van der Waals surface area contributed by atoms with Crippen LogP contribution in [0.15, 0.2) is 24.3 Å². The van der Waals surface area contributed by atoms with Gasteiger partial charge in [-0.3, -0.25) is 4.79 Å². The van der Waals surface area contributed by atoms with Crippen molar-refractivity contribution in [1.82, 2.24) is 4.90 Å². The van der Waals surface area contributed by atoms with E-state index in [2.05, 4.69) is 0 Å². The van der Waals surface area contributed by atoms with Gasteiger partial charge in [-0.15, -0.1) is 0 Å². The van der Waals surface area contributed by atoms with Gasteiger partial charge in [-0.25, -0.2) is 0 Å². The molecule has 4 nitrogen and oxygen atoms in total. The molecule has 0 aromatic heterocycles. The van der Waals surface area contributed by atoms with Crippen LogP contribution >= 0.6 is 0 Å². The van der Waals surface area contributed by atoms with Crippen molar-refractivity contribution in [3.05, 3.63) is 29.8 Å². The third-order valence-electron chi connectivity index (χ3n) is 2.86. The molecule has 0 aliphatic heterocycles. The van der Waals surface area contributed by atoms with Gasteiger partial charge in [-0.2, -0.15) is 13.2 Å². The first kappa shape index (κ1) is 17.3. The second-order valence-corrected chi connectivity index (χ2v) is 4.65. The molecule has 1 amide bonds. The molecule has 1 N–H and O–H groups in total. The number of rotatable bonds is 6. The van der Waals surface area contributed by atoms with Crippen LogP contribution in [-0.2, 0) is 4.79 Å². The second kappa shape index (κ2) is 7.31. The van der Waals surface area contributed by atoms with Crippen molar-refractivity contribution in [2.24, 2.45) is 0 Å². The van der Waals surface area contributed by atoms with Crippen molar-refractivity contribution in [2.45, 2.75) is 25.6 Å². The predicted molar refractivity (Wildman–Crippen MR) is 70.9 cm³/mol. The molecule has 7 heteroatoms. The molecule has 118 valence electrons. The van der Waals surface area contributed by atoms with E-state index in [9.17, 15) is 23.1 Å². The number of carbonyl (C=O) groups excluding carboxylic acids is 1. The van der Waals surface area contributed by atoms with Crippen LogP contribution in [-0.4, -0.2) is 42.3 Å². The molecule has 1 rings (SSSR count). The van der Waals surface area contributed by atoms with Crippen LogP contribution in [0.4, 0.5) is 13.2 Å². The largest absolute Gasteiger partial charge is 0.484 e. The van der Waals surface area contributed by atoms with Gasteiger partial charge < -0.3 is 14.7 Å². The Kier molecular flexibility index (Phi) is 6.02. The minimum Gasteiger partial charge on any atom is -0.484 e. The van der Waals surface area contributed by atoms with E-state index in [1.165, 1.54) is 0 Å². The number of alkyl halides is 3. The highest BCUT2D eigenvalue weighted by Crippen LogP contribution is 2.20. The smallest absolute Gasteiger partial charge is 0.406 e. The Morgan fingerprint density at radius 3 is 2.38 bits per heavy atom. The van der Waals surface area contributed by atoms with Gasteiger partial charge in [0.05, 0.1) is 6.10 Å². The summed E-state index contributed by atoms with van der Waals surface area (Å²) >= 11 is 0. The van der Waals surface area contributed by atoms with Gasteiger partial charge in [0.15, 0.2) is 6.61 Å². The molecule has 21 heavy (non-hydrogen) atoms. The Balaban J connectivity index is 2.50. The number of hydrogen-bond acceptors (Lipinski definition) is 3. The highest BCUT2D eigenvalue weighted by Gasteiger charge is 2.31. The molecule has 0 spiro atoms. The zero-order chi connectivity index (χ0) is 16.0. The molecule has 1 aromatic carbocycles. The van der Waals surface area contributed by atoms with Crippen LogP contribution < -0.4 is 4.74 Å². The molecule has 0 aliphatic rings. The zero-order valence-electron chi connectivity index (χ0n) is 11.9. The number of aliphatic hydroxyl groups excluding tert-OH is 1. The van der Waals surface area contributed by atoms with Crippen LogP contribution in [0.25, 0.3) is 0 Å². The maximum absolute atomic E-state index is 12.1. The van der Waals surface area contributed by atoms with E-state index in [0.29, 0.717) is 22.6 Å². The number of amides is 1.